The highest BCUT2D eigenvalue weighted by molar-refractivity contribution is 8.27. The number of benzene rings is 2. The third-order valence-electron chi connectivity index (χ3n) is 4.24. The van der Waals surface area contributed by atoms with Crippen LogP contribution in [0.2, 0.25) is 0 Å². The molecule has 21 heavy (non-hydrogen) atoms. The third-order valence-corrected chi connectivity index (χ3v) is 5.18. The molecule has 0 nitrogen and oxygen atoms in total. The molecule has 0 radical (unpaired) electrons. The van der Waals surface area contributed by atoms with Crippen LogP contribution in [-0.4, -0.2) is 12.2 Å². The lowest BCUT2D eigenvalue weighted by atomic mass is 9.56. The fourth-order valence-corrected chi connectivity index (χ4v) is 4.80. The van der Waals surface area contributed by atoms with E-state index in [1.54, 1.807) is 0 Å². The molecule has 0 amide bonds. The SMILES string of the molecule is CSB(c1c(C)cc(C)cc1C)c1c(C)cc(C)cc1C. The number of hydrogen-bond donors (Lipinski definition) is 0. The van der Waals surface area contributed by atoms with E-state index < -0.39 is 0 Å². The van der Waals surface area contributed by atoms with E-state index in [1.165, 1.54) is 44.3 Å². The zero-order chi connectivity index (χ0) is 15.7. The summed E-state index contributed by atoms with van der Waals surface area (Å²) in [6, 6.07) is 9.24. The summed E-state index contributed by atoms with van der Waals surface area (Å²) in [7, 11) is 0. The Morgan fingerprint density at radius 3 is 1.14 bits per heavy atom. The largest absolute Gasteiger partial charge is 0.275 e. The molecular weight excluding hydrogens is 271 g/mol. The van der Waals surface area contributed by atoms with Crippen LogP contribution >= 0.6 is 11.6 Å². The summed E-state index contributed by atoms with van der Waals surface area (Å²) < 4.78 is 0. The Labute approximate surface area is 134 Å². The lowest BCUT2D eigenvalue weighted by molar-refractivity contribution is 1.34. The topological polar surface area (TPSA) is 0 Å². The first-order chi connectivity index (χ1) is 9.85. The minimum Gasteiger partial charge on any atom is -0.200 e. The van der Waals surface area contributed by atoms with Crippen LogP contribution in [0, 0.1) is 41.5 Å². The zero-order valence-corrected chi connectivity index (χ0v) is 15.1. The van der Waals surface area contributed by atoms with Gasteiger partial charge in [0.2, 0.25) is 0 Å². The van der Waals surface area contributed by atoms with Gasteiger partial charge in [0.15, 0.2) is 0 Å². The predicted molar refractivity (Wildman–Crippen MR) is 99.8 cm³/mol. The second-order valence-electron chi connectivity index (χ2n) is 6.24. The average molecular weight is 296 g/mol. The quantitative estimate of drug-likeness (QED) is 0.771. The van der Waals surface area contributed by atoms with Crippen molar-refractivity contribution < 1.29 is 0 Å². The molecule has 0 aromatic heterocycles. The molecule has 0 spiro atoms. The Morgan fingerprint density at radius 2 is 0.905 bits per heavy atom. The fraction of sp³-hybridized carbons (Fsp3) is 0.368. The lowest BCUT2D eigenvalue weighted by Gasteiger charge is -2.22. The summed E-state index contributed by atoms with van der Waals surface area (Å²) in [5.41, 5.74) is 11.3. The van der Waals surface area contributed by atoms with Crippen LogP contribution in [0.25, 0.3) is 0 Å². The summed E-state index contributed by atoms with van der Waals surface area (Å²) in [5.74, 6) is 0.422. The zero-order valence-electron chi connectivity index (χ0n) is 14.3. The van der Waals surface area contributed by atoms with Crippen molar-refractivity contribution >= 4 is 28.5 Å². The van der Waals surface area contributed by atoms with E-state index in [4.69, 9.17) is 0 Å². The summed E-state index contributed by atoms with van der Waals surface area (Å²) in [6.07, 6.45) is 2.22. The van der Waals surface area contributed by atoms with Crippen LogP contribution in [-0.2, 0) is 0 Å². The molecule has 2 heteroatoms. The minimum atomic E-state index is 0.422. The van der Waals surface area contributed by atoms with Gasteiger partial charge in [-0.25, -0.2) is 11.6 Å². The first kappa shape index (κ1) is 16.2. The van der Waals surface area contributed by atoms with Crippen LogP contribution in [0.15, 0.2) is 24.3 Å². The van der Waals surface area contributed by atoms with Gasteiger partial charge in [0.05, 0.1) is 0 Å². The monoisotopic (exact) mass is 296 g/mol. The summed E-state index contributed by atoms with van der Waals surface area (Å²) in [4.78, 5) is 0. The molecular formula is C19H25BS. The van der Waals surface area contributed by atoms with E-state index in [0.29, 0.717) is 5.99 Å². The van der Waals surface area contributed by atoms with Gasteiger partial charge in [-0.2, -0.15) is 0 Å². The highest BCUT2D eigenvalue weighted by Gasteiger charge is 2.25. The molecule has 0 aliphatic heterocycles. The molecule has 2 rings (SSSR count). The first-order valence-corrected chi connectivity index (χ1v) is 8.82. The van der Waals surface area contributed by atoms with Crippen molar-refractivity contribution in [3.63, 3.8) is 0 Å². The Hall–Kier alpha value is -1.15. The molecule has 2 aromatic rings. The molecule has 0 unspecified atom stereocenters. The Balaban J connectivity index is 2.66. The summed E-state index contributed by atoms with van der Waals surface area (Å²) in [6.45, 7) is 13.4. The van der Waals surface area contributed by atoms with Gasteiger partial charge in [0.25, 0.3) is 5.99 Å². The smallest absolute Gasteiger partial charge is 0.200 e. The summed E-state index contributed by atoms with van der Waals surface area (Å²) in [5, 5.41) is 0. The van der Waals surface area contributed by atoms with Gasteiger partial charge >= 0.3 is 0 Å². The van der Waals surface area contributed by atoms with Crippen molar-refractivity contribution in [3.05, 3.63) is 57.6 Å². The molecule has 0 bridgehead atoms. The van der Waals surface area contributed by atoms with Gasteiger partial charge in [-0.15, -0.1) is 0 Å². The molecule has 0 aliphatic rings. The Morgan fingerprint density at radius 1 is 0.619 bits per heavy atom. The van der Waals surface area contributed by atoms with Gasteiger partial charge in [0, 0.05) is 0 Å². The van der Waals surface area contributed by atoms with Crippen LogP contribution in [0.1, 0.15) is 33.4 Å². The lowest BCUT2D eigenvalue weighted by Crippen LogP contribution is -2.45. The third kappa shape index (κ3) is 3.21. The highest BCUT2D eigenvalue weighted by Crippen LogP contribution is 2.16. The van der Waals surface area contributed by atoms with E-state index in [1.807, 2.05) is 11.6 Å². The maximum absolute atomic E-state index is 2.31. The van der Waals surface area contributed by atoms with Gasteiger partial charge in [-0.3, -0.25) is 0 Å². The standard InChI is InChI=1S/C19H25BS/c1-12-8-14(3)18(15(4)9-12)20(21-7)19-16(5)10-13(2)11-17(19)6/h8-11H,1-7H3. The number of hydrogen-bond acceptors (Lipinski definition) is 1. The molecule has 0 saturated carbocycles. The minimum absolute atomic E-state index is 0.422. The Kier molecular flexibility index (Phi) is 4.88. The van der Waals surface area contributed by atoms with E-state index >= 15 is 0 Å². The van der Waals surface area contributed by atoms with E-state index in [0.717, 1.165) is 0 Å². The molecule has 2 aromatic carbocycles. The average Bonchev–Trinajstić information content (AvgIpc) is 2.34. The molecule has 0 atom stereocenters. The predicted octanol–water partition coefficient (Wildman–Crippen LogP) is 4.01. The van der Waals surface area contributed by atoms with Crippen LogP contribution in [0.5, 0.6) is 0 Å². The maximum Gasteiger partial charge on any atom is 0.275 e. The van der Waals surface area contributed by atoms with Crippen LogP contribution in [0.4, 0.5) is 0 Å². The van der Waals surface area contributed by atoms with Crippen LogP contribution < -0.4 is 10.9 Å². The van der Waals surface area contributed by atoms with Crippen molar-refractivity contribution in [1.82, 2.24) is 0 Å². The summed E-state index contributed by atoms with van der Waals surface area (Å²) >= 11 is 1.94. The first-order valence-electron chi connectivity index (χ1n) is 7.53. The van der Waals surface area contributed by atoms with Gasteiger partial charge in [0.1, 0.15) is 0 Å². The normalized spacial score (nSPS) is 10.8. The second kappa shape index (κ2) is 6.31. The molecule has 0 aliphatic carbocycles. The maximum atomic E-state index is 2.31. The number of rotatable bonds is 3. The van der Waals surface area contributed by atoms with E-state index in [-0.39, 0.29) is 0 Å². The van der Waals surface area contributed by atoms with Crippen molar-refractivity contribution in [3.8, 4) is 0 Å². The van der Waals surface area contributed by atoms with Gasteiger partial charge in [-0.1, -0.05) is 68.6 Å². The fourth-order valence-electron chi connectivity index (χ4n) is 3.59. The van der Waals surface area contributed by atoms with E-state index in [2.05, 4.69) is 72.1 Å². The van der Waals surface area contributed by atoms with E-state index in [9.17, 15) is 0 Å². The number of aryl methyl sites for hydroxylation is 6. The molecule has 0 heterocycles. The van der Waals surface area contributed by atoms with Gasteiger partial charge < -0.3 is 0 Å². The molecule has 0 fully saturated rings. The molecule has 0 saturated heterocycles. The molecule has 0 N–H and O–H groups in total. The van der Waals surface area contributed by atoms with Crippen molar-refractivity contribution in [2.24, 2.45) is 0 Å². The molecule has 110 valence electrons. The van der Waals surface area contributed by atoms with Crippen molar-refractivity contribution in [2.75, 3.05) is 6.26 Å². The second-order valence-corrected chi connectivity index (χ2v) is 7.18. The van der Waals surface area contributed by atoms with Crippen LogP contribution in [0.3, 0.4) is 0 Å². The Bertz CT molecular complexity index is 570. The highest BCUT2D eigenvalue weighted by atomic mass is 32.2. The van der Waals surface area contributed by atoms with Crippen molar-refractivity contribution in [1.29, 1.82) is 0 Å². The van der Waals surface area contributed by atoms with Crippen molar-refractivity contribution in [2.45, 2.75) is 41.5 Å². The van der Waals surface area contributed by atoms with Gasteiger partial charge in [-0.05, 0) is 47.8 Å².